The lowest BCUT2D eigenvalue weighted by atomic mass is 10.3. The number of benzene rings is 1. The van der Waals surface area contributed by atoms with Gasteiger partial charge in [-0.25, -0.2) is 0 Å². The van der Waals surface area contributed by atoms with Crippen LogP contribution in [0.4, 0.5) is 9.57 Å². The number of halogens is 1. The van der Waals surface area contributed by atoms with Gasteiger partial charge in [-0.1, -0.05) is 6.58 Å². The van der Waals surface area contributed by atoms with E-state index in [-0.39, 0.29) is 11.4 Å². The van der Waals surface area contributed by atoms with Crippen LogP contribution >= 0.6 is 0 Å². The maximum absolute atomic E-state index is 12.8. The number of amides is 1. The summed E-state index contributed by atoms with van der Waals surface area (Å²) in [5, 5.41) is 2.31. The number of carbonyl (C=O) groups is 1. The minimum atomic E-state index is -4.83. The second kappa shape index (κ2) is 4.96. The molecule has 92 valence electrons. The van der Waals surface area contributed by atoms with Gasteiger partial charge < -0.3 is 10.1 Å². The lowest BCUT2D eigenvalue weighted by Gasteiger charge is -2.09. The van der Waals surface area contributed by atoms with Crippen LogP contribution in [-0.2, 0) is 15.0 Å². The van der Waals surface area contributed by atoms with E-state index in [0.29, 0.717) is 0 Å². The van der Waals surface area contributed by atoms with Crippen LogP contribution in [0.5, 0.6) is 5.75 Å². The molecule has 0 aromatic heterocycles. The quantitative estimate of drug-likeness (QED) is 0.656. The Balaban J connectivity index is 3.24. The molecule has 0 saturated heterocycles. The Morgan fingerprint density at radius 2 is 2.18 bits per heavy atom. The standard InChI is InChI=1S/C10H10FNO4S/c1-3-10(13)12-8-6-7(17(11,14)15)4-5-9(8)16-2/h3-6H,1H2,2H3,(H,12,13). The largest absolute Gasteiger partial charge is 0.495 e. The molecule has 0 atom stereocenters. The summed E-state index contributed by atoms with van der Waals surface area (Å²) >= 11 is 0. The maximum atomic E-state index is 12.8. The number of anilines is 1. The Morgan fingerprint density at radius 1 is 1.53 bits per heavy atom. The van der Waals surface area contributed by atoms with Crippen LogP contribution in [0.3, 0.4) is 0 Å². The van der Waals surface area contributed by atoms with Crippen molar-refractivity contribution in [1.29, 1.82) is 0 Å². The Hall–Kier alpha value is -1.89. The van der Waals surface area contributed by atoms with Crippen LogP contribution in [0.25, 0.3) is 0 Å². The van der Waals surface area contributed by atoms with Crippen LogP contribution in [0, 0.1) is 0 Å². The number of hydrogen-bond acceptors (Lipinski definition) is 4. The van der Waals surface area contributed by atoms with Gasteiger partial charge in [-0.15, -0.1) is 3.89 Å². The molecule has 1 N–H and O–H groups in total. The van der Waals surface area contributed by atoms with Crippen molar-refractivity contribution in [1.82, 2.24) is 0 Å². The van der Waals surface area contributed by atoms with E-state index in [1.165, 1.54) is 13.2 Å². The van der Waals surface area contributed by atoms with E-state index in [1.54, 1.807) is 0 Å². The zero-order chi connectivity index (χ0) is 13.1. The first-order valence-electron chi connectivity index (χ1n) is 4.44. The van der Waals surface area contributed by atoms with Crippen LogP contribution in [0.2, 0.25) is 0 Å². The Kier molecular flexibility index (Phi) is 3.84. The number of carbonyl (C=O) groups excluding carboxylic acids is 1. The van der Waals surface area contributed by atoms with Crippen molar-refractivity contribution in [3.05, 3.63) is 30.9 Å². The van der Waals surface area contributed by atoms with E-state index in [9.17, 15) is 17.1 Å². The molecule has 5 nitrogen and oxygen atoms in total. The summed E-state index contributed by atoms with van der Waals surface area (Å²) in [6, 6.07) is 3.25. The molecule has 0 spiro atoms. The second-order valence-corrected chi connectivity index (χ2v) is 4.34. The molecule has 1 aromatic carbocycles. The predicted octanol–water partition coefficient (Wildman–Crippen LogP) is 1.48. The van der Waals surface area contributed by atoms with Gasteiger partial charge in [-0.05, 0) is 24.3 Å². The molecule has 1 rings (SSSR count). The Labute approximate surface area is 98.1 Å². The van der Waals surface area contributed by atoms with Crippen molar-refractivity contribution < 1.29 is 21.8 Å². The van der Waals surface area contributed by atoms with Crippen LogP contribution in [0.15, 0.2) is 35.7 Å². The normalized spacial score (nSPS) is 10.7. The van der Waals surface area contributed by atoms with E-state index >= 15 is 0 Å². The van der Waals surface area contributed by atoms with Crippen molar-refractivity contribution in [2.75, 3.05) is 12.4 Å². The number of ether oxygens (including phenoxy) is 1. The Bertz CT molecular complexity index is 553. The molecular formula is C10H10FNO4S. The van der Waals surface area contributed by atoms with Gasteiger partial charge in [0.05, 0.1) is 12.8 Å². The highest BCUT2D eigenvalue weighted by atomic mass is 32.3. The molecule has 0 heterocycles. The van der Waals surface area contributed by atoms with Gasteiger partial charge in [0, 0.05) is 0 Å². The molecule has 0 fully saturated rings. The molecule has 17 heavy (non-hydrogen) atoms. The molecule has 0 saturated carbocycles. The molecule has 0 aliphatic rings. The van der Waals surface area contributed by atoms with E-state index in [0.717, 1.165) is 18.2 Å². The molecular weight excluding hydrogens is 249 g/mol. The topological polar surface area (TPSA) is 72.5 Å². The highest BCUT2D eigenvalue weighted by molar-refractivity contribution is 7.86. The van der Waals surface area contributed by atoms with Crippen molar-refractivity contribution in [2.24, 2.45) is 0 Å². The number of methoxy groups -OCH3 is 1. The lowest BCUT2D eigenvalue weighted by molar-refractivity contribution is -0.111. The fourth-order valence-corrected chi connectivity index (χ4v) is 1.61. The van der Waals surface area contributed by atoms with Crippen LogP contribution in [-0.4, -0.2) is 21.4 Å². The average molecular weight is 259 g/mol. The number of hydrogen-bond donors (Lipinski definition) is 1. The summed E-state index contributed by atoms with van der Waals surface area (Å²) in [6.07, 6.45) is 0.996. The summed E-state index contributed by atoms with van der Waals surface area (Å²) in [4.78, 5) is 10.5. The molecule has 0 bridgehead atoms. The van der Waals surface area contributed by atoms with Crippen LogP contribution in [0.1, 0.15) is 0 Å². The van der Waals surface area contributed by atoms with Gasteiger partial charge in [0.1, 0.15) is 10.6 Å². The zero-order valence-corrected chi connectivity index (χ0v) is 9.75. The molecule has 7 heteroatoms. The van der Waals surface area contributed by atoms with Crippen molar-refractivity contribution in [3.8, 4) is 5.75 Å². The summed E-state index contributed by atoms with van der Waals surface area (Å²) in [5.41, 5.74) is 0.0520. The maximum Gasteiger partial charge on any atom is 0.332 e. The predicted molar refractivity (Wildman–Crippen MR) is 60.1 cm³/mol. The molecule has 0 aliphatic carbocycles. The summed E-state index contributed by atoms with van der Waals surface area (Å²) in [5.74, 6) is -0.343. The van der Waals surface area contributed by atoms with Crippen molar-refractivity contribution in [2.45, 2.75) is 4.90 Å². The van der Waals surface area contributed by atoms with E-state index in [4.69, 9.17) is 4.74 Å². The first-order chi connectivity index (χ1) is 7.88. The fourth-order valence-electron chi connectivity index (χ4n) is 1.12. The summed E-state index contributed by atoms with van der Waals surface area (Å²) < 4.78 is 39.0. The lowest BCUT2D eigenvalue weighted by Crippen LogP contribution is -2.09. The van der Waals surface area contributed by atoms with Crippen molar-refractivity contribution in [3.63, 3.8) is 0 Å². The Morgan fingerprint density at radius 3 is 2.65 bits per heavy atom. The molecule has 0 aliphatic heterocycles. The van der Waals surface area contributed by atoms with E-state index in [2.05, 4.69) is 11.9 Å². The smallest absolute Gasteiger partial charge is 0.332 e. The fraction of sp³-hybridized carbons (Fsp3) is 0.100. The monoisotopic (exact) mass is 259 g/mol. The zero-order valence-electron chi connectivity index (χ0n) is 8.94. The molecule has 1 amide bonds. The van der Waals surface area contributed by atoms with Gasteiger partial charge in [0.15, 0.2) is 0 Å². The highest BCUT2D eigenvalue weighted by Crippen LogP contribution is 2.28. The third-order valence-electron chi connectivity index (χ3n) is 1.90. The van der Waals surface area contributed by atoms with Gasteiger partial charge in [-0.2, -0.15) is 8.42 Å². The minimum absolute atomic E-state index is 0.0520. The first kappa shape index (κ1) is 13.2. The summed E-state index contributed by atoms with van der Waals surface area (Å²) in [6.45, 7) is 3.24. The molecule has 0 unspecified atom stereocenters. The van der Waals surface area contributed by atoms with Gasteiger partial charge in [0.2, 0.25) is 5.91 Å². The van der Waals surface area contributed by atoms with Gasteiger partial charge in [-0.3, -0.25) is 4.79 Å². The highest BCUT2D eigenvalue weighted by Gasteiger charge is 2.15. The summed E-state index contributed by atoms with van der Waals surface area (Å²) in [7, 11) is -3.49. The number of rotatable bonds is 4. The van der Waals surface area contributed by atoms with Gasteiger partial charge >= 0.3 is 10.2 Å². The van der Waals surface area contributed by atoms with Gasteiger partial charge in [0.25, 0.3) is 0 Å². The first-order valence-corrected chi connectivity index (χ1v) is 5.83. The third-order valence-corrected chi connectivity index (χ3v) is 2.71. The van der Waals surface area contributed by atoms with Crippen molar-refractivity contribution >= 4 is 21.8 Å². The molecule has 1 aromatic rings. The average Bonchev–Trinajstić information content (AvgIpc) is 2.27. The third kappa shape index (κ3) is 3.28. The molecule has 0 radical (unpaired) electrons. The minimum Gasteiger partial charge on any atom is -0.495 e. The second-order valence-electron chi connectivity index (χ2n) is 2.99. The van der Waals surface area contributed by atoms with Crippen LogP contribution < -0.4 is 10.1 Å². The van der Waals surface area contributed by atoms with E-state index < -0.39 is 21.0 Å². The SMILES string of the molecule is C=CC(=O)Nc1cc(S(=O)(=O)F)ccc1OC. The number of nitrogens with one attached hydrogen (secondary N) is 1. The van der Waals surface area contributed by atoms with E-state index in [1.807, 2.05) is 0 Å².